The van der Waals surface area contributed by atoms with Crippen molar-refractivity contribution in [2.45, 2.75) is 18.9 Å². The Hall–Kier alpha value is -3.00. The van der Waals surface area contributed by atoms with Gasteiger partial charge in [-0.2, -0.15) is 5.10 Å². The van der Waals surface area contributed by atoms with Crippen molar-refractivity contribution >= 4 is 34.0 Å². The van der Waals surface area contributed by atoms with E-state index in [0.717, 1.165) is 4.88 Å². The molecule has 7 nitrogen and oxygen atoms in total. The zero-order valence-electron chi connectivity index (χ0n) is 14.0. The quantitative estimate of drug-likeness (QED) is 0.645. The van der Waals surface area contributed by atoms with Gasteiger partial charge in [-0.25, -0.2) is 5.10 Å². The molecule has 0 saturated carbocycles. The van der Waals surface area contributed by atoms with Gasteiger partial charge in [0.15, 0.2) is 0 Å². The first-order valence-corrected chi connectivity index (χ1v) is 8.82. The number of carbonyl (C=O) groups is 2. The lowest BCUT2D eigenvalue weighted by Gasteiger charge is -2.16. The Bertz CT molecular complexity index is 982. The highest BCUT2D eigenvalue weighted by molar-refractivity contribution is 7.10. The third kappa shape index (κ3) is 3.97. The lowest BCUT2D eigenvalue weighted by molar-refractivity contribution is -0.141. The summed E-state index contributed by atoms with van der Waals surface area (Å²) < 4.78 is 4.71. The van der Waals surface area contributed by atoms with Gasteiger partial charge >= 0.3 is 5.97 Å². The summed E-state index contributed by atoms with van der Waals surface area (Å²) in [5.41, 5.74) is 0.174. The first-order valence-electron chi connectivity index (χ1n) is 7.94. The zero-order valence-corrected chi connectivity index (χ0v) is 14.8. The SMILES string of the molecule is COC(=O)CC(NC(=O)Cc1n[nH]c(=O)c2ccccc12)c1cccs1. The predicted octanol–water partition coefficient (Wildman–Crippen LogP) is 1.95. The number of fused-ring (bicyclic) bond motifs is 1. The highest BCUT2D eigenvalue weighted by Crippen LogP contribution is 2.23. The Kier molecular flexibility index (Phi) is 5.43. The highest BCUT2D eigenvalue weighted by atomic mass is 32.1. The van der Waals surface area contributed by atoms with Crippen LogP contribution in [0.15, 0.2) is 46.6 Å². The largest absolute Gasteiger partial charge is 0.469 e. The number of thiophene rings is 1. The minimum absolute atomic E-state index is 0.0136. The van der Waals surface area contributed by atoms with E-state index in [2.05, 4.69) is 15.5 Å². The van der Waals surface area contributed by atoms with Crippen molar-refractivity contribution in [2.24, 2.45) is 0 Å². The monoisotopic (exact) mass is 371 g/mol. The first-order chi connectivity index (χ1) is 12.6. The van der Waals surface area contributed by atoms with Crippen LogP contribution in [0, 0.1) is 0 Å². The minimum atomic E-state index is -0.469. The standard InChI is InChI=1S/C18H17N3O4S/c1-25-17(23)10-14(15-7-4-8-26-15)19-16(22)9-13-11-5-2-3-6-12(11)18(24)21-20-13/h2-8,14H,9-10H2,1H3,(H,19,22)(H,21,24). The number of hydrogen-bond donors (Lipinski definition) is 2. The van der Waals surface area contributed by atoms with Crippen LogP contribution in [0.1, 0.15) is 23.0 Å². The molecule has 3 rings (SSSR count). The molecule has 1 amide bonds. The molecule has 0 saturated heterocycles. The van der Waals surface area contributed by atoms with E-state index in [0.29, 0.717) is 16.5 Å². The van der Waals surface area contributed by atoms with Gasteiger partial charge in [-0.3, -0.25) is 14.4 Å². The van der Waals surface area contributed by atoms with Crippen molar-refractivity contribution in [3.63, 3.8) is 0 Å². The molecule has 0 fully saturated rings. The third-order valence-electron chi connectivity index (χ3n) is 3.92. The number of benzene rings is 1. The van der Waals surface area contributed by atoms with Crippen LogP contribution in [0.2, 0.25) is 0 Å². The van der Waals surface area contributed by atoms with Crippen LogP contribution in [0.5, 0.6) is 0 Å². The smallest absolute Gasteiger partial charge is 0.307 e. The molecule has 2 aromatic heterocycles. The number of esters is 1. The number of ether oxygens (including phenoxy) is 1. The van der Waals surface area contributed by atoms with Crippen LogP contribution in [0.25, 0.3) is 10.8 Å². The second-order valence-corrected chi connectivity index (χ2v) is 6.62. The zero-order chi connectivity index (χ0) is 18.5. The van der Waals surface area contributed by atoms with Crippen molar-refractivity contribution in [3.8, 4) is 0 Å². The van der Waals surface area contributed by atoms with E-state index >= 15 is 0 Å². The summed E-state index contributed by atoms with van der Waals surface area (Å²) in [5, 5.41) is 12.3. The second-order valence-electron chi connectivity index (χ2n) is 5.64. The van der Waals surface area contributed by atoms with Crippen LogP contribution >= 0.6 is 11.3 Å². The van der Waals surface area contributed by atoms with Crippen molar-refractivity contribution in [3.05, 3.63) is 62.7 Å². The lowest BCUT2D eigenvalue weighted by Crippen LogP contribution is -2.31. The van der Waals surface area contributed by atoms with E-state index in [-0.39, 0.29) is 24.3 Å². The molecule has 26 heavy (non-hydrogen) atoms. The Morgan fingerprint density at radius 2 is 2.00 bits per heavy atom. The number of carbonyl (C=O) groups excluding carboxylic acids is 2. The molecule has 2 N–H and O–H groups in total. The number of methoxy groups -OCH3 is 1. The molecule has 0 spiro atoms. The first kappa shape index (κ1) is 17.8. The molecular formula is C18H17N3O4S. The van der Waals surface area contributed by atoms with Gasteiger partial charge in [-0.1, -0.05) is 24.3 Å². The number of amides is 1. The summed E-state index contributed by atoms with van der Waals surface area (Å²) in [6.07, 6.45) is 0.0306. The van der Waals surface area contributed by atoms with Gasteiger partial charge in [-0.05, 0) is 17.5 Å². The molecule has 0 aliphatic heterocycles. The molecule has 3 aromatic rings. The fourth-order valence-electron chi connectivity index (χ4n) is 2.67. The Labute approximate surface area is 153 Å². The predicted molar refractivity (Wildman–Crippen MR) is 97.9 cm³/mol. The van der Waals surface area contributed by atoms with Gasteiger partial charge < -0.3 is 10.1 Å². The molecule has 0 bridgehead atoms. The van der Waals surface area contributed by atoms with Gasteiger partial charge in [-0.15, -0.1) is 11.3 Å². The number of nitrogens with zero attached hydrogens (tertiary/aromatic N) is 1. The molecule has 0 aliphatic rings. The Morgan fingerprint density at radius 3 is 2.69 bits per heavy atom. The molecule has 0 aliphatic carbocycles. The maximum absolute atomic E-state index is 12.5. The van der Waals surface area contributed by atoms with E-state index in [1.807, 2.05) is 17.5 Å². The van der Waals surface area contributed by atoms with E-state index in [1.165, 1.54) is 18.4 Å². The summed E-state index contributed by atoms with van der Waals surface area (Å²) in [6, 6.07) is 10.2. The number of H-pyrrole nitrogens is 1. The molecule has 1 atom stereocenters. The van der Waals surface area contributed by atoms with Crippen LogP contribution in [-0.4, -0.2) is 29.2 Å². The van der Waals surface area contributed by atoms with Crippen LogP contribution < -0.4 is 10.9 Å². The fourth-order valence-corrected chi connectivity index (χ4v) is 3.44. The van der Waals surface area contributed by atoms with Crippen LogP contribution in [0.4, 0.5) is 0 Å². The summed E-state index contributed by atoms with van der Waals surface area (Å²) in [4.78, 5) is 36.9. The van der Waals surface area contributed by atoms with E-state index < -0.39 is 12.0 Å². The molecular weight excluding hydrogens is 354 g/mol. The third-order valence-corrected chi connectivity index (χ3v) is 4.91. The summed E-state index contributed by atoms with van der Waals surface area (Å²) in [7, 11) is 1.31. The molecule has 1 unspecified atom stereocenters. The molecule has 0 radical (unpaired) electrons. The van der Waals surface area contributed by atoms with Gasteiger partial charge in [0.2, 0.25) is 5.91 Å². The Balaban J connectivity index is 1.80. The van der Waals surface area contributed by atoms with E-state index in [1.54, 1.807) is 24.3 Å². The maximum Gasteiger partial charge on any atom is 0.307 e. The maximum atomic E-state index is 12.5. The number of aromatic nitrogens is 2. The average molecular weight is 371 g/mol. The molecule has 134 valence electrons. The van der Waals surface area contributed by atoms with Crippen LogP contribution in [-0.2, 0) is 20.7 Å². The summed E-state index contributed by atoms with van der Waals surface area (Å²) >= 11 is 1.45. The molecule has 8 heteroatoms. The number of nitrogens with one attached hydrogen (secondary N) is 2. The molecule has 2 heterocycles. The number of rotatable bonds is 6. The second kappa shape index (κ2) is 7.92. The van der Waals surface area contributed by atoms with Crippen molar-refractivity contribution in [1.82, 2.24) is 15.5 Å². The summed E-state index contributed by atoms with van der Waals surface area (Å²) in [6.45, 7) is 0. The van der Waals surface area contributed by atoms with Crippen molar-refractivity contribution in [2.75, 3.05) is 7.11 Å². The van der Waals surface area contributed by atoms with Gasteiger partial charge in [0.1, 0.15) is 0 Å². The number of hydrogen-bond acceptors (Lipinski definition) is 6. The molecule has 1 aromatic carbocycles. The lowest BCUT2D eigenvalue weighted by atomic mass is 10.1. The minimum Gasteiger partial charge on any atom is -0.469 e. The van der Waals surface area contributed by atoms with Crippen molar-refractivity contribution < 1.29 is 14.3 Å². The van der Waals surface area contributed by atoms with Gasteiger partial charge in [0.25, 0.3) is 5.56 Å². The summed E-state index contributed by atoms with van der Waals surface area (Å²) in [5.74, 6) is -0.701. The van der Waals surface area contributed by atoms with Gasteiger partial charge in [0.05, 0.1) is 37.1 Å². The van der Waals surface area contributed by atoms with E-state index in [9.17, 15) is 14.4 Å². The fraction of sp³-hybridized carbons (Fsp3) is 0.222. The number of aromatic amines is 1. The van der Waals surface area contributed by atoms with E-state index in [4.69, 9.17) is 4.74 Å². The average Bonchev–Trinajstić information content (AvgIpc) is 3.18. The van der Waals surface area contributed by atoms with Gasteiger partial charge in [0, 0.05) is 10.3 Å². The Morgan fingerprint density at radius 1 is 1.23 bits per heavy atom. The van der Waals surface area contributed by atoms with Crippen LogP contribution in [0.3, 0.4) is 0 Å². The normalized spacial score (nSPS) is 11.9. The highest BCUT2D eigenvalue weighted by Gasteiger charge is 2.21. The topological polar surface area (TPSA) is 101 Å². The van der Waals surface area contributed by atoms with Crippen molar-refractivity contribution in [1.29, 1.82) is 0 Å².